The summed E-state index contributed by atoms with van der Waals surface area (Å²) in [6.07, 6.45) is 6.86. The summed E-state index contributed by atoms with van der Waals surface area (Å²) in [5.41, 5.74) is -2.57. The summed E-state index contributed by atoms with van der Waals surface area (Å²) >= 11 is 0. The van der Waals surface area contributed by atoms with Crippen LogP contribution in [-0.4, -0.2) is 38.9 Å². The van der Waals surface area contributed by atoms with Gasteiger partial charge in [0, 0.05) is 5.92 Å². The fourth-order valence-corrected chi connectivity index (χ4v) is 9.97. The number of hydrogen-bond acceptors (Lipinski definition) is 4. The minimum atomic E-state index is -1.48. The van der Waals surface area contributed by atoms with E-state index in [-0.39, 0.29) is 29.5 Å². The number of aliphatic hydroxyl groups excluding tert-OH is 2. The zero-order valence-corrected chi connectivity index (χ0v) is 21.5. The molecule has 5 aliphatic rings. The molecule has 13 atom stereocenters. The van der Waals surface area contributed by atoms with Crippen molar-refractivity contribution in [1.29, 1.82) is 0 Å². The molecule has 0 bridgehead atoms. The highest BCUT2D eigenvalue weighted by molar-refractivity contribution is 5.97. The Labute approximate surface area is 200 Å². The Bertz CT molecular complexity index is 835. The lowest BCUT2D eigenvalue weighted by molar-refractivity contribution is -0.251. The molecule has 4 saturated carbocycles. The molecular weight excluding hydrogens is 412 g/mol. The largest absolute Gasteiger partial charge is 0.393 e. The molecule has 0 radical (unpaired) electrons. The first-order valence-electron chi connectivity index (χ1n) is 13.7. The number of allylic oxidation sites excluding steroid dienone is 1. The molecule has 5 aliphatic carbocycles. The summed E-state index contributed by atoms with van der Waals surface area (Å²) < 4.78 is 0. The lowest BCUT2D eigenvalue weighted by atomic mass is 9.42. The highest BCUT2D eigenvalue weighted by Gasteiger charge is 2.71. The number of fused-ring (bicyclic) bond motifs is 5. The van der Waals surface area contributed by atoms with E-state index in [1.807, 2.05) is 6.92 Å². The van der Waals surface area contributed by atoms with E-state index < -0.39 is 23.2 Å². The smallest absolute Gasteiger partial charge is 0.164 e. The van der Waals surface area contributed by atoms with E-state index in [4.69, 9.17) is 0 Å². The van der Waals surface area contributed by atoms with Crippen LogP contribution in [0.3, 0.4) is 0 Å². The maximum atomic E-state index is 13.2. The second-order valence-electron chi connectivity index (χ2n) is 13.6. The molecule has 0 saturated heterocycles. The van der Waals surface area contributed by atoms with Crippen LogP contribution < -0.4 is 0 Å². The molecule has 4 heteroatoms. The van der Waals surface area contributed by atoms with E-state index in [0.717, 1.165) is 30.1 Å². The molecule has 0 aromatic rings. The first-order chi connectivity index (χ1) is 15.4. The van der Waals surface area contributed by atoms with Gasteiger partial charge in [0.1, 0.15) is 5.60 Å². The van der Waals surface area contributed by atoms with Crippen molar-refractivity contribution in [1.82, 2.24) is 0 Å². The van der Waals surface area contributed by atoms with Crippen molar-refractivity contribution < 1.29 is 20.1 Å². The molecule has 0 spiro atoms. The van der Waals surface area contributed by atoms with Crippen molar-refractivity contribution in [2.75, 3.05) is 0 Å². The molecule has 33 heavy (non-hydrogen) atoms. The summed E-state index contributed by atoms with van der Waals surface area (Å²) in [5, 5.41) is 34.4. The second kappa shape index (κ2) is 7.64. The van der Waals surface area contributed by atoms with Crippen LogP contribution in [-0.2, 0) is 4.79 Å². The monoisotopic (exact) mass is 458 g/mol. The zero-order chi connectivity index (χ0) is 24.1. The van der Waals surface area contributed by atoms with Gasteiger partial charge in [0.15, 0.2) is 5.78 Å². The maximum absolute atomic E-state index is 13.2. The predicted octanol–water partition coefficient (Wildman–Crippen LogP) is 4.61. The molecule has 0 aliphatic heterocycles. The topological polar surface area (TPSA) is 77.8 Å². The minimum absolute atomic E-state index is 0.0350. The molecular formula is C29H46O4. The normalized spacial score (nSPS) is 55.0. The number of carbonyl (C=O) groups excluding carboxylic acids is 1. The zero-order valence-electron chi connectivity index (χ0n) is 21.5. The Morgan fingerprint density at radius 2 is 1.73 bits per heavy atom. The molecule has 0 aromatic heterocycles. The Morgan fingerprint density at radius 3 is 2.39 bits per heavy atom. The van der Waals surface area contributed by atoms with Gasteiger partial charge in [-0.2, -0.15) is 0 Å². The average Bonchev–Trinajstić information content (AvgIpc) is 3.45. The summed E-state index contributed by atoms with van der Waals surface area (Å²) in [6, 6.07) is 0. The van der Waals surface area contributed by atoms with Crippen LogP contribution in [0.5, 0.6) is 0 Å². The van der Waals surface area contributed by atoms with Crippen LogP contribution in [0.15, 0.2) is 12.2 Å². The third-order valence-electron chi connectivity index (χ3n) is 12.3. The van der Waals surface area contributed by atoms with Crippen LogP contribution in [0, 0.1) is 64.1 Å². The third kappa shape index (κ3) is 3.08. The van der Waals surface area contributed by atoms with Crippen molar-refractivity contribution in [3.63, 3.8) is 0 Å². The Balaban J connectivity index is 1.43. The van der Waals surface area contributed by atoms with Crippen LogP contribution >= 0.6 is 0 Å². The summed E-state index contributed by atoms with van der Waals surface area (Å²) in [4.78, 5) is 13.2. The van der Waals surface area contributed by atoms with E-state index in [0.29, 0.717) is 30.6 Å². The number of ketones is 1. The van der Waals surface area contributed by atoms with E-state index in [1.54, 1.807) is 12.2 Å². The maximum Gasteiger partial charge on any atom is 0.164 e. The number of rotatable bonds is 4. The summed E-state index contributed by atoms with van der Waals surface area (Å²) in [5.74, 6) is 4.41. The summed E-state index contributed by atoms with van der Waals surface area (Å²) in [6.45, 7) is 13.8. The summed E-state index contributed by atoms with van der Waals surface area (Å²) in [7, 11) is 0. The quantitative estimate of drug-likeness (QED) is 0.575. The van der Waals surface area contributed by atoms with E-state index >= 15 is 0 Å². The molecule has 4 nitrogen and oxygen atoms in total. The van der Waals surface area contributed by atoms with Gasteiger partial charge >= 0.3 is 0 Å². The van der Waals surface area contributed by atoms with Gasteiger partial charge in [0.2, 0.25) is 0 Å². The predicted molar refractivity (Wildman–Crippen MR) is 129 cm³/mol. The molecule has 4 fully saturated rings. The van der Waals surface area contributed by atoms with Crippen LogP contribution in [0.1, 0.15) is 80.1 Å². The Kier molecular flexibility index (Phi) is 5.56. The van der Waals surface area contributed by atoms with Gasteiger partial charge < -0.3 is 15.3 Å². The lowest BCUT2D eigenvalue weighted by Crippen LogP contribution is -2.71. The van der Waals surface area contributed by atoms with E-state index in [9.17, 15) is 20.1 Å². The molecule has 186 valence electrons. The van der Waals surface area contributed by atoms with Crippen molar-refractivity contribution in [3.05, 3.63) is 12.2 Å². The molecule has 3 N–H and O–H groups in total. The second-order valence-corrected chi connectivity index (χ2v) is 13.6. The molecule has 0 aromatic carbocycles. The first kappa shape index (κ1) is 24.0. The van der Waals surface area contributed by atoms with Gasteiger partial charge in [-0.25, -0.2) is 0 Å². The Hall–Kier alpha value is -0.710. The van der Waals surface area contributed by atoms with Crippen LogP contribution in [0.25, 0.3) is 0 Å². The first-order valence-corrected chi connectivity index (χ1v) is 13.7. The highest BCUT2D eigenvalue weighted by atomic mass is 16.3. The van der Waals surface area contributed by atoms with Crippen molar-refractivity contribution in [3.8, 4) is 0 Å². The number of aliphatic hydroxyl groups is 3. The number of hydrogen-bond donors (Lipinski definition) is 3. The molecule has 13 unspecified atom stereocenters. The van der Waals surface area contributed by atoms with E-state index in [2.05, 4.69) is 34.6 Å². The molecule has 5 rings (SSSR count). The van der Waals surface area contributed by atoms with Gasteiger partial charge in [-0.1, -0.05) is 40.7 Å². The van der Waals surface area contributed by atoms with E-state index in [1.165, 1.54) is 12.8 Å². The third-order valence-corrected chi connectivity index (χ3v) is 12.3. The van der Waals surface area contributed by atoms with Crippen molar-refractivity contribution >= 4 is 5.78 Å². The molecule has 0 amide bonds. The fourth-order valence-electron chi connectivity index (χ4n) is 9.97. The standard InChI is InChI=1S/C29H46O4/c1-15(2)16(3)18-12-19(18)17(4)21-9-10-22-20-13-25(32)29(33)11-7-8-24(31)28(29,6)26(20)23(30)14-27(21,22)5/h7-8,15-23,25-26,30,32-33H,9-14H2,1-6H3. The van der Waals surface area contributed by atoms with Gasteiger partial charge in [-0.05, 0) is 104 Å². The number of carbonyl (C=O) groups is 1. The van der Waals surface area contributed by atoms with Gasteiger partial charge in [-0.3, -0.25) is 4.79 Å². The SMILES string of the molecule is CC(C)C(C)C1CC1C(C)C1CCC2C3CC(O)C4(O)CC=CC(=O)C4(C)C3C(O)CC12C. The minimum Gasteiger partial charge on any atom is -0.393 e. The van der Waals surface area contributed by atoms with Gasteiger partial charge in [0.05, 0.1) is 17.6 Å². The van der Waals surface area contributed by atoms with Gasteiger partial charge in [0.25, 0.3) is 0 Å². The Morgan fingerprint density at radius 1 is 1.03 bits per heavy atom. The van der Waals surface area contributed by atoms with Crippen LogP contribution in [0.4, 0.5) is 0 Å². The average molecular weight is 459 g/mol. The van der Waals surface area contributed by atoms with Crippen LogP contribution in [0.2, 0.25) is 0 Å². The lowest BCUT2D eigenvalue weighted by Gasteiger charge is -2.64. The van der Waals surface area contributed by atoms with Gasteiger partial charge in [-0.15, -0.1) is 0 Å². The highest BCUT2D eigenvalue weighted by Crippen LogP contribution is 2.69. The fraction of sp³-hybridized carbons (Fsp3) is 0.897. The molecule has 0 heterocycles. The van der Waals surface area contributed by atoms with Crippen molar-refractivity contribution in [2.24, 2.45) is 64.1 Å². The van der Waals surface area contributed by atoms with Crippen molar-refractivity contribution in [2.45, 2.75) is 97.9 Å².